The Hall–Kier alpha value is -3.10. The molecule has 29 heavy (non-hydrogen) atoms. The van der Waals surface area contributed by atoms with Gasteiger partial charge in [0.05, 0.1) is 0 Å². The first kappa shape index (κ1) is 16.8. The van der Waals surface area contributed by atoms with E-state index in [1.54, 1.807) is 0 Å². The maximum absolute atomic E-state index is 6.33. The molecule has 0 N–H and O–H groups in total. The van der Waals surface area contributed by atoms with E-state index >= 15 is 0 Å². The highest BCUT2D eigenvalue weighted by Gasteiger charge is 2.23. The van der Waals surface area contributed by atoms with Crippen LogP contribution in [0.15, 0.2) is 95.5 Å². The van der Waals surface area contributed by atoms with Crippen LogP contribution >= 0.6 is 15.9 Å². The second-order valence-electron chi connectivity index (χ2n) is 7.46. The molecule has 0 fully saturated rings. The second kappa shape index (κ2) is 6.47. The molecule has 0 unspecified atom stereocenters. The Kier molecular flexibility index (Phi) is 3.75. The molecule has 1 heterocycles. The van der Waals surface area contributed by atoms with Gasteiger partial charge >= 0.3 is 0 Å². The van der Waals surface area contributed by atoms with Gasteiger partial charge in [-0.05, 0) is 62.7 Å². The van der Waals surface area contributed by atoms with Crippen molar-refractivity contribution in [1.82, 2.24) is 0 Å². The zero-order valence-electron chi connectivity index (χ0n) is 15.7. The number of ether oxygens (including phenoxy) is 1. The van der Waals surface area contributed by atoms with Crippen molar-refractivity contribution in [1.29, 1.82) is 0 Å². The topological polar surface area (TPSA) is 9.23 Å². The number of fused-ring (bicyclic) bond motifs is 8. The molecule has 0 saturated carbocycles. The van der Waals surface area contributed by atoms with Gasteiger partial charge < -0.3 is 4.74 Å². The van der Waals surface area contributed by atoms with Gasteiger partial charge in [-0.15, -0.1) is 0 Å². The largest absolute Gasteiger partial charge is 0.488 e. The van der Waals surface area contributed by atoms with Crippen LogP contribution in [0, 0.1) is 0 Å². The minimum absolute atomic E-state index is 0.616. The molecule has 1 aliphatic heterocycles. The fourth-order valence-electron chi connectivity index (χ4n) is 4.44. The Balaban J connectivity index is 1.70. The zero-order chi connectivity index (χ0) is 19.4. The fraction of sp³-hybridized carbons (Fsp3) is 0.0370. The summed E-state index contributed by atoms with van der Waals surface area (Å²) >= 11 is 3.53. The third-order valence-corrected chi connectivity index (χ3v) is 6.34. The standard InChI is InChI=1S/C27H17BrO/c28-20-12-9-17(10-13-20)18-11-14-24-25(15-18)22-7-3-4-8-23(22)26-21-6-2-1-5-19(21)16-29-27(24)26/h1-15H,16H2. The summed E-state index contributed by atoms with van der Waals surface area (Å²) < 4.78 is 7.42. The molecule has 5 aromatic carbocycles. The molecule has 0 aromatic heterocycles. The van der Waals surface area contributed by atoms with Crippen molar-refractivity contribution in [2.75, 3.05) is 0 Å². The monoisotopic (exact) mass is 436 g/mol. The smallest absolute Gasteiger partial charge is 0.136 e. The van der Waals surface area contributed by atoms with Crippen molar-refractivity contribution in [2.24, 2.45) is 0 Å². The van der Waals surface area contributed by atoms with E-state index in [4.69, 9.17) is 4.74 Å². The lowest BCUT2D eigenvalue weighted by molar-refractivity contribution is 0.306. The van der Waals surface area contributed by atoms with E-state index in [1.165, 1.54) is 49.4 Å². The molecule has 0 bridgehead atoms. The van der Waals surface area contributed by atoms with Crippen molar-refractivity contribution in [2.45, 2.75) is 6.61 Å². The van der Waals surface area contributed by atoms with Crippen molar-refractivity contribution in [3.8, 4) is 28.0 Å². The molecular weight excluding hydrogens is 420 g/mol. The van der Waals surface area contributed by atoms with Crippen LogP contribution < -0.4 is 4.74 Å². The summed E-state index contributed by atoms with van der Waals surface area (Å²) in [6, 6.07) is 32.4. The summed E-state index contributed by atoms with van der Waals surface area (Å²) in [5.41, 5.74) is 6.17. The van der Waals surface area contributed by atoms with Crippen molar-refractivity contribution >= 4 is 37.5 Å². The Morgan fingerprint density at radius 1 is 0.621 bits per heavy atom. The summed E-state index contributed by atoms with van der Waals surface area (Å²) in [5, 5.41) is 4.92. The first-order valence-corrected chi connectivity index (χ1v) is 10.5. The third kappa shape index (κ3) is 2.60. The average molecular weight is 437 g/mol. The lowest BCUT2D eigenvalue weighted by Gasteiger charge is -2.25. The van der Waals surface area contributed by atoms with E-state index in [0.717, 1.165) is 10.2 Å². The van der Waals surface area contributed by atoms with E-state index in [9.17, 15) is 0 Å². The van der Waals surface area contributed by atoms with E-state index < -0.39 is 0 Å². The second-order valence-corrected chi connectivity index (χ2v) is 8.38. The van der Waals surface area contributed by atoms with Gasteiger partial charge in [-0.2, -0.15) is 0 Å². The molecule has 0 aliphatic carbocycles. The molecule has 1 aliphatic rings. The van der Waals surface area contributed by atoms with E-state index in [-0.39, 0.29) is 0 Å². The summed E-state index contributed by atoms with van der Waals surface area (Å²) in [4.78, 5) is 0. The van der Waals surface area contributed by atoms with E-state index in [2.05, 4.69) is 107 Å². The molecule has 2 heteroatoms. The number of rotatable bonds is 1. The summed E-state index contributed by atoms with van der Waals surface area (Å²) in [5.74, 6) is 1.000. The lowest BCUT2D eigenvalue weighted by Crippen LogP contribution is -2.06. The molecule has 5 aromatic rings. The number of hydrogen-bond acceptors (Lipinski definition) is 1. The zero-order valence-corrected chi connectivity index (χ0v) is 17.2. The fourth-order valence-corrected chi connectivity index (χ4v) is 4.70. The van der Waals surface area contributed by atoms with Crippen LogP contribution in [-0.2, 0) is 6.61 Å². The lowest BCUT2D eigenvalue weighted by atomic mass is 9.87. The van der Waals surface area contributed by atoms with Gasteiger partial charge in [-0.3, -0.25) is 0 Å². The molecule has 0 amide bonds. The highest BCUT2D eigenvalue weighted by atomic mass is 79.9. The van der Waals surface area contributed by atoms with Crippen LogP contribution in [0.4, 0.5) is 0 Å². The van der Waals surface area contributed by atoms with Crippen LogP contribution in [0.3, 0.4) is 0 Å². The van der Waals surface area contributed by atoms with Gasteiger partial charge in [0, 0.05) is 15.4 Å². The maximum atomic E-state index is 6.33. The van der Waals surface area contributed by atoms with Gasteiger partial charge in [0.2, 0.25) is 0 Å². The quantitative estimate of drug-likeness (QED) is 0.242. The highest BCUT2D eigenvalue weighted by molar-refractivity contribution is 9.10. The molecule has 1 nitrogen and oxygen atoms in total. The molecule has 138 valence electrons. The Labute approximate surface area is 177 Å². The SMILES string of the molecule is Brc1ccc(-c2ccc3c4c(c5ccccc5c3c2)-c2ccccc2CO4)cc1. The third-order valence-electron chi connectivity index (χ3n) is 5.81. The van der Waals surface area contributed by atoms with Crippen molar-refractivity contribution < 1.29 is 4.74 Å². The predicted molar refractivity (Wildman–Crippen MR) is 124 cm³/mol. The van der Waals surface area contributed by atoms with E-state index in [0.29, 0.717) is 6.61 Å². The van der Waals surface area contributed by atoms with Crippen molar-refractivity contribution in [3.05, 3.63) is 101 Å². The molecule has 0 radical (unpaired) electrons. The van der Waals surface area contributed by atoms with Crippen molar-refractivity contribution in [3.63, 3.8) is 0 Å². The normalized spacial score (nSPS) is 12.4. The van der Waals surface area contributed by atoms with Crippen LogP contribution in [0.5, 0.6) is 5.75 Å². The van der Waals surface area contributed by atoms with Crippen LogP contribution in [-0.4, -0.2) is 0 Å². The summed E-state index contributed by atoms with van der Waals surface area (Å²) in [6.45, 7) is 0.616. The van der Waals surface area contributed by atoms with Crippen LogP contribution in [0.25, 0.3) is 43.8 Å². The molecule has 6 rings (SSSR count). The minimum atomic E-state index is 0.616. The maximum Gasteiger partial charge on any atom is 0.136 e. The van der Waals surface area contributed by atoms with Crippen LogP contribution in [0.1, 0.15) is 5.56 Å². The van der Waals surface area contributed by atoms with Gasteiger partial charge in [0.1, 0.15) is 12.4 Å². The number of hydrogen-bond donors (Lipinski definition) is 0. The van der Waals surface area contributed by atoms with Gasteiger partial charge in [0.25, 0.3) is 0 Å². The Morgan fingerprint density at radius 3 is 2.21 bits per heavy atom. The average Bonchev–Trinajstić information content (AvgIpc) is 2.79. The first-order chi connectivity index (χ1) is 14.3. The highest BCUT2D eigenvalue weighted by Crippen LogP contribution is 2.48. The summed E-state index contributed by atoms with van der Waals surface area (Å²) in [7, 11) is 0. The molecular formula is C27H17BrO. The molecule has 0 saturated heterocycles. The summed E-state index contributed by atoms with van der Waals surface area (Å²) in [6.07, 6.45) is 0. The molecule has 0 atom stereocenters. The van der Waals surface area contributed by atoms with Gasteiger partial charge in [0.15, 0.2) is 0 Å². The Bertz CT molecular complexity index is 1400. The van der Waals surface area contributed by atoms with Gasteiger partial charge in [-0.25, -0.2) is 0 Å². The Morgan fingerprint density at radius 2 is 1.34 bits per heavy atom. The van der Waals surface area contributed by atoms with E-state index in [1.807, 2.05) is 0 Å². The minimum Gasteiger partial charge on any atom is -0.488 e. The van der Waals surface area contributed by atoms with Crippen LogP contribution in [0.2, 0.25) is 0 Å². The number of halogens is 1. The first-order valence-electron chi connectivity index (χ1n) is 9.75. The van der Waals surface area contributed by atoms with Gasteiger partial charge in [-0.1, -0.05) is 82.7 Å². The number of benzene rings is 5. The molecule has 0 spiro atoms. The predicted octanol–water partition coefficient (Wildman–Crippen LogP) is 7.98.